The van der Waals surface area contributed by atoms with Crippen molar-refractivity contribution < 1.29 is 4.79 Å². The second-order valence-corrected chi connectivity index (χ2v) is 6.92. The van der Waals surface area contributed by atoms with E-state index in [9.17, 15) is 4.79 Å². The number of piperidine rings is 1. The number of thiophene rings is 1. The van der Waals surface area contributed by atoms with Crippen LogP contribution in [0.5, 0.6) is 0 Å². The Balaban J connectivity index is 1.40. The summed E-state index contributed by atoms with van der Waals surface area (Å²) in [6, 6.07) is 5.81. The maximum atomic E-state index is 12.3. The van der Waals surface area contributed by atoms with Crippen LogP contribution in [0.1, 0.15) is 34.6 Å². The molecular weight excluding hydrogens is 308 g/mol. The molecule has 0 saturated carbocycles. The fourth-order valence-corrected chi connectivity index (χ4v) is 3.63. The molecule has 0 unspecified atom stereocenters. The van der Waals surface area contributed by atoms with E-state index in [-0.39, 0.29) is 5.91 Å². The van der Waals surface area contributed by atoms with E-state index in [4.69, 9.17) is 0 Å². The molecule has 1 N–H and O–H groups in total. The lowest BCUT2D eigenvalue weighted by Crippen LogP contribution is -2.38. The molecule has 3 heterocycles. The van der Waals surface area contributed by atoms with Crippen molar-refractivity contribution in [2.45, 2.75) is 26.2 Å². The van der Waals surface area contributed by atoms with Crippen LogP contribution >= 0.6 is 11.3 Å². The molecule has 6 heteroatoms. The Morgan fingerprint density at radius 3 is 2.91 bits per heavy atom. The van der Waals surface area contributed by atoms with Crippen molar-refractivity contribution in [1.82, 2.24) is 14.9 Å². The molecule has 0 atom stereocenters. The normalized spacial score (nSPS) is 15.6. The fourth-order valence-electron chi connectivity index (χ4n) is 2.94. The first kappa shape index (κ1) is 15.9. The minimum Gasteiger partial charge on any atom is -0.370 e. The summed E-state index contributed by atoms with van der Waals surface area (Å²) in [4.78, 5) is 23.5. The van der Waals surface area contributed by atoms with E-state index >= 15 is 0 Å². The highest BCUT2D eigenvalue weighted by molar-refractivity contribution is 7.12. The maximum absolute atomic E-state index is 12.3. The molecule has 2 aromatic heterocycles. The quantitative estimate of drug-likeness (QED) is 0.914. The van der Waals surface area contributed by atoms with Crippen molar-refractivity contribution in [2.24, 2.45) is 5.92 Å². The molecule has 122 valence electrons. The van der Waals surface area contributed by atoms with E-state index in [0.717, 1.165) is 55.3 Å². The Labute approximate surface area is 140 Å². The number of carbonyl (C=O) groups excluding carboxylic acids is 1. The van der Waals surface area contributed by atoms with E-state index in [1.807, 2.05) is 35.4 Å². The molecule has 1 aliphatic heterocycles. The van der Waals surface area contributed by atoms with Crippen LogP contribution in [0.15, 0.2) is 29.9 Å². The van der Waals surface area contributed by atoms with Gasteiger partial charge in [-0.15, -0.1) is 11.3 Å². The molecule has 0 aromatic carbocycles. The largest absolute Gasteiger partial charge is 0.370 e. The van der Waals surface area contributed by atoms with Crippen molar-refractivity contribution in [3.05, 3.63) is 40.5 Å². The number of rotatable bonds is 5. The van der Waals surface area contributed by atoms with Crippen molar-refractivity contribution in [3.8, 4) is 0 Å². The van der Waals surface area contributed by atoms with Crippen LogP contribution in [0, 0.1) is 12.8 Å². The summed E-state index contributed by atoms with van der Waals surface area (Å²) >= 11 is 1.52. The van der Waals surface area contributed by atoms with E-state index in [2.05, 4.69) is 15.3 Å². The van der Waals surface area contributed by atoms with Crippen LogP contribution < -0.4 is 5.32 Å². The second kappa shape index (κ2) is 7.55. The summed E-state index contributed by atoms with van der Waals surface area (Å²) in [5.41, 5.74) is 0.975. The number of anilines is 1. The lowest BCUT2D eigenvalue weighted by Gasteiger charge is -2.31. The second-order valence-electron chi connectivity index (χ2n) is 5.97. The van der Waals surface area contributed by atoms with Crippen LogP contribution in [0.2, 0.25) is 0 Å². The first-order valence-electron chi connectivity index (χ1n) is 8.07. The van der Waals surface area contributed by atoms with Crippen molar-refractivity contribution >= 4 is 23.1 Å². The number of nitrogens with zero attached hydrogens (tertiary/aromatic N) is 3. The van der Waals surface area contributed by atoms with Crippen molar-refractivity contribution in [1.29, 1.82) is 0 Å². The summed E-state index contributed by atoms with van der Waals surface area (Å²) in [5, 5.41) is 5.32. The lowest BCUT2D eigenvalue weighted by molar-refractivity contribution is 0.0693. The SMILES string of the molecule is Cc1cc(NCCC2CCN(C(=O)c3cccs3)CC2)ncn1. The molecule has 3 rings (SSSR count). The Hall–Kier alpha value is -1.95. The van der Waals surface area contributed by atoms with Gasteiger partial charge in [0.2, 0.25) is 0 Å². The zero-order valence-corrected chi connectivity index (χ0v) is 14.2. The van der Waals surface area contributed by atoms with Gasteiger partial charge >= 0.3 is 0 Å². The molecule has 0 bridgehead atoms. The maximum Gasteiger partial charge on any atom is 0.263 e. The average molecular weight is 330 g/mol. The summed E-state index contributed by atoms with van der Waals surface area (Å²) in [6.45, 7) is 4.62. The molecule has 0 spiro atoms. The first-order valence-corrected chi connectivity index (χ1v) is 8.95. The van der Waals surface area contributed by atoms with Gasteiger partial charge in [-0.25, -0.2) is 9.97 Å². The predicted molar refractivity (Wildman–Crippen MR) is 92.8 cm³/mol. The van der Waals surface area contributed by atoms with Gasteiger partial charge in [0.25, 0.3) is 5.91 Å². The van der Waals surface area contributed by atoms with Gasteiger partial charge in [0.15, 0.2) is 0 Å². The van der Waals surface area contributed by atoms with Crippen LogP contribution in [-0.4, -0.2) is 40.4 Å². The van der Waals surface area contributed by atoms with E-state index in [1.54, 1.807) is 6.33 Å². The summed E-state index contributed by atoms with van der Waals surface area (Å²) in [6.07, 6.45) is 4.87. The minimum atomic E-state index is 0.188. The first-order chi connectivity index (χ1) is 11.2. The summed E-state index contributed by atoms with van der Waals surface area (Å²) < 4.78 is 0. The van der Waals surface area contributed by atoms with Crippen molar-refractivity contribution in [3.63, 3.8) is 0 Å². The number of hydrogen-bond donors (Lipinski definition) is 1. The highest BCUT2D eigenvalue weighted by Gasteiger charge is 2.23. The highest BCUT2D eigenvalue weighted by atomic mass is 32.1. The Kier molecular flexibility index (Phi) is 5.23. The monoisotopic (exact) mass is 330 g/mol. The van der Waals surface area contributed by atoms with Gasteiger partial charge in [0.05, 0.1) is 4.88 Å². The van der Waals surface area contributed by atoms with E-state index < -0.39 is 0 Å². The average Bonchev–Trinajstić information content (AvgIpc) is 3.09. The number of hydrogen-bond acceptors (Lipinski definition) is 5. The molecule has 23 heavy (non-hydrogen) atoms. The van der Waals surface area contributed by atoms with Gasteiger partial charge in [0, 0.05) is 31.4 Å². The Bertz CT molecular complexity index is 636. The molecule has 0 aliphatic carbocycles. The number of nitrogens with one attached hydrogen (secondary N) is 1. The van der Waals surface area contributed by atoms with E-state index in [0.29, 0.717) is 5.92 Å². The zero-order chi connectivity index (χ0) is 16.1. The van der Waals surface area contributed by atoms with Gasteiger partial charge in [-0.1, -0.05) is 6.07 Å². The fraction of sp³-hybridized carbons (Fsp3) is 0.471. The molecule has 2 aromatic rings. The van der Waals surface area contributed by atoms with Crippen molar-refractivity contribution in [2.75, 3.05) is 25.0 Å². The number of amides is 1. The molecule has 0 radical (unpaired) electrons. The van der Waals surface area contributed by atoms with Gasteiger partial charge in [-0.2, -0.15) is 0 Å². The lowest BCUT2D eigenvalue weighted by atomic mass is 9.93. The van der Waals surface area contributed by atoms with E-state index in [1.165, 1.54) is 11.3 Å². The Morgan fingerprint density at radius 1 is 1.39 bits per heavy atom. The topological polar surface area (TPSA) is 58.1 Å². The minimum absolute atomic E-state index is 0.188. The van der Waals surface area contributed by atoms with Gasteiger partial charge < -0.3 is 10.2 Å². The standard InChI is InChI=1S/C17H22N4OS/c1-13-11-16(20-12-19-13)18-7-4-14-5-8-21(9-6-14)17(22)15-3-2-10-23-15/h2-3,10-12,14H,4-9H2,1H3,(H,18,19,20). The predicted octanol–water partition coefficient (Wildman–Crippen LogP) is 3.20. The molecule has 5 nitrogen and oxygen atoms in total. The number of aryl methyl sites for hydroxylation is 1. The number of likely N-dealkylation sites (tertiary alicyclic amines) is 1. The number of aromatic nitrogens is 2. The zero-order valence-electron chi connectivity index (χ0n) is 13.4. The van der Waals surface area contributed by atoms with Gasteiger partial charge in [0.1, 0.15) is 12.1 Å². The van der Waals surface area contributed by atoms with Crippen LogP contribution in [0.3, 0.4) is 0 Å². The molecular formula is C17H22N4OS. The third-order valence-electron chi connectivity index (χ3n) is 4.30. The van der Waals surface area contributed by atoms with Gasteiger partial charge in [-0.3, -0.25) is 4.79 Å². The third-order valence-corrected chi connectivity index (χ3v) is 5.15. The molecule has 1 saturated heterocycles. The van der Waals surface area contributed by atoms with Crippen LogP contribution in [0.4, 0.5) is 5.82 Å². The highest BCUT2D eigenvalue weighted by Crippen LogP contribution is 2.23. The smallest absolute Gasteiger partial charge is 0.263 e. The summed E-state index contributed by atoms with van der Waals surface area (Å²) in [7, 11) is 0. The molecule has 1 fully saturated rings. The van der Waals surface area contributed by atoms with Crippen LogP contribution in [-0.2, 0) is 0 Å². The van der Waals surface area contributed by atoms with Crippen LogP contribution in [0.25, 0.3) is 0 Å². The Morgan fingerprint density at radius 2 is 2.22 bits per heavy atom. The van der Waals surface area contributed by atoms with Gasteiger partial charge in [-0.05, 0) is 43.6 Å². The molecule has 1 amide bonds. The third kappa shape index (κ3) is 4.28. The summed E-state index contributed by atoms with van der Waals surface area (Å²) in [5.74, 6) is 1.76. The number of carbonyl (C=O) groups is 1. The molecule has 1 aliphatic rings.